The van der Waals surface area contributed by atoms with Gasteiger partial charge in [-0.3, -0.25) is 4.79 Å². The molecule has 0 unspecified atom stereocenters. The van der Waals surface area contributed by atoms with Gasteiger partial charge in [-0.05, 0) is 67.8 Å². The molecule has 0 atom stereocenters. The molecule has 1 aromatic heterocycles. The maximum absolute atomic E-state index is 12.9. The Morgan fingerprint density at radius 2 is 1.89 bits per heavy atom. The first-order valence-corrected chi connectivity index (χ1v) is 10.9. The molecule has 4 aliphatic carbocycles. The first-order valence-electron chi connectivity index (χ1n) is 10.5. The molecule has 1 aromatic rings. The number of nitrogens with zero attached hydrogens (tertiary/aromatic N) is 2. The molecule has 28 heavy (non-hydrogen) atoms. The molecule has 4 fully saturated rings. The molecule has 0 saturated heterocycles. The number of aliphatic hydroxyl groups is 1. The lowest BCUT2D eigenvalue weighted by Crippen LogP contribution is -2.51. The summed E-state index contributed by atoms with van der Waals surface area (Å²) >= 11 is 6.29. The molecule has 5 rings (SSSR count). The number of aromatic nitrogens is 1. The van der Waals surface area contributed by atoms with Gasteiger partial charge < -0.3 is 21.1 Å². The Balaban J connectivity index is 1.45. The number of carbonyl (C=O) groups is 1. The van der Waals surface area contributed by atoms with Crippen LogP contribution in [0.4, 0.5) is 5.82 Å². The SMILES string of the molecule is NCCN(CCO)c1cc(C(=O)NCC23CC4CC(CC(C4)C2)C3)c(Cl)cn1. The van der Waals surface area contributed by atoms with Crippen molar-refractivity contribution < 1.29 is 9.90 Å². The highest BCUT2D eigenvalue weighted by Gasteiger charge is 2.50. The Labute approximate surface area is 171 Å². The number of carbonyl (C=O) groups excluding carboxylic acids is 1. The van der Waals surface area contributed by atoms with Crippen LogP contribution < -0.4 is 16.0 Å². The summed E-state index contributed by atoms with van der Waals surface area (Å²) < 4.78 is 0. The number of pyridine rings is 1. The van der Waals surface area contributed by atoms with E-state index in [2.05, 4.69) is 10.3 Å². The number of halogens is 1. The lowest BCUT2D eigenvalue weighted by Gasteiger charge is -2.56. The van der Waals surface area contributed by atoms with Crippen molar-refractivity contribution in [2.24, 2.45) is 28.9 Å². The van der Waals surface area contributed by atoms with Gasteiger partial charge in [0, 0.05) is 32.4 Å². The van der Waals surface area contributed by atoms with E-state index in [0.29, 0.717) is 36.0 Å². The van der Waals surface area contributed by atoms with Crippen LogP contribution in [0, 0.1) is 23.2 Å². The summed E-state index contributed by atoms with van der Waals surface area (Å²) in [5.41, 5.74) is 6.39. The Kier molecular flexibility index (Phi) is 5.81. The van der Waals surface area contributed by atoms with Crippen LogP contribution in [0.3, 0.4) is 0 Å². The quantitative estimate of drug-likeness (QED) is 0.616. The molecule has 7 heteroatoms. The fourth-order valence-electron chi connectivity index (χ4n) is 6.26. The number of nitrogens with two attached hydrogens (primary N) is 1. The van der Waals surface area contributed by atoms with E-state index in [1.807, 2.05) is 4.90 Å². The van der Waals surface area contributed by atoms with Gasteiger partial charge in [0.1, 0.15) is 5.82 Å². The molecule has 0 aliphatic heterocycles. The molecule has 1 amide bonds. The Morgan fingerprint density at radius 3 is 2.46 bits per heavy atom. The highest BCUT2D eigenvalue weighted by Crippen LogP contribution is 2.59. The van der Waals surface area contributed by atoms with Crippen LogP contribution in [0.25, 0.3) is 0 Å². The van der Waals surface area contributed by atoms with Crippen LogP contribution in [-0.4, -0.2) is 48.8 Å². The van der Waals surface area contributed by atoms with Crippen LogP contribution in [0.5, 0.6) is 0 Å². The first-order chi connectivity index (χ1) is 13.5. The zero-order valence-electron chi connectivity index (χ0n) is 16.4. The van der Waals surface area contributed by atoms with Crippen molar-refractivity contribution in [3.63, 3.8) is 0 Å². The maximum atomic E-state index is 12.9. The van der Waals surface area contributed by atoms with Crippen molar-refractivity contribution in [2.45, 2.75) is 38.5 Å². The number of amides is 1. The minimum Gasteiger partial charge on any atom is -0.395 e. The van der Waals surface area contributed by atoms with E-state index in [-0.39, 0.29) is 17.9 Å². The van der Waals surface area contributed by atoms with Crippen LogP contribution in [0.15, 0.2) is 12.3 Å². The zero-order chi connectivity index (χ0) is 19.7. The molecule has 4 aliphatic rings. The molecule has 1 heterocycles. The van der Waals surface area contributed by atoms with Crippen LogP contribution in [0.2, 0.25) is 5.02 Å². The summed E-state index contributed by atoms with van der Waals surface area (Å²) in [6, 6.07) is 1.71. The highest BCUT2D eigenvalue weighted by atomic mass is 35.5. The van der Waals surface area contributed by atoms with Crippen molar-refractivity contribution in [2.75, 3.05) is 37.7 Å². The lowest BCUT2D eigenvalue weighted by atomic mass is 9.49. The van der Waals surface area contributed by atoms with Gasteiger partial charge in [-0.25, -0.2) is 4.98 Å². The van der Waals surface area contributed by atoms with E-state index in [1.54, 1.807) is 6.07 Å². The number of anilines is 1. The average molecular weight is 407 g/mol. The summed E-state index contributed by atoms with van der Waals surface area (Å²) in [5.74, 6) is 3.07. The van der Waals surface area contributed by atoms with Crippen molar-refractivity contribution in [1.29, 1.82) is 0 Å². The number of hydrogen-bond acceptors (Lipinski definition) is 5. The van der Waals surface area contributed by atoms with E-state index in [1.165, 1.54) is 44.7 Å². The number of hydrogen-bond donors (Lipinski definition) is 3. The van der Waals surface area contributed by atoms with Gasteiger partial charge in [0.2, 0.25) is 0 Å². The second-order valence-corrected chi connectivity index (χ2v) is 9.53. The van der Waals surface area contributed by atoms with Gasteiger partial charge >= 0.3 is 0 Å². The van der Waals surface area contributed by atoms with E-state index in [4.69, 9.17) is 17.3 Å². The smallest absolute Gasteiger partial charge is 0.253 e. The average Bonchev–Trinajstić information content (AvgIpc) is 2.65. The molecular weight excluding hydrogens is 376 g/mol. The van der Waals surface area contributed by atoms with E-state index in [9.17, 15) is 9.90 Å². The molecule has 4 saturated carbocycles. The molecule has 4 bridgehead atoms. The third kappa shape index (κ3) is 4.00. The Hall–Kier alpha value is -1.37. The minimum atomic E-state index is -0.138. The second-order valence-electron chi connectivity index (χ2n) is 9.12. The zero-order valence-corrected chi connectivity index (χ0v) is 17.1. The van der Waals surface area contributed by atoms with Crippen molar-refractivity contribution in [1.82, 2.24) is 10.3 Å². The van der Waals surface area contributed by atoms with Crippen LogP contribution in [0.1, 0.15) is 48.9 Å². The van der Waals surface area contributed by atoms with Crippen molar-refractivity contribution in [3.05, 3.63) is 22.8 Å². The van der Waals surface area contributed by atoms with Gasteiger partial charge in [-0.2, -0.15) is 0 Å². The fourth-order valence-corrected chi connectivity index (χ4v) is 6.45. The van der Waals surface area contributed by atoms with Gasteiger partial charge in [-0.1, -0.05) is 11.6 Å². The Bertz CT molecular complexity index is 685. The third-order valence-corrected chi connectivity index (χ3v) is 7.27. The molecular formula is C21H31ClN4O2. The van der Waals surface area contributed by atoms with Gasteiger partial charge in [-0.15, -0.1) is 0 Å². The lowest BCUT2D eigenvalue weighted by molar-refractivity contribution is -0.0503. The maximum Gasteiger partial charge on any atom is 0.253 e. The standard InChI is InChI=1S/C21H31ClN4O2/c22-18-12-24-19(26(2-1-23)3-4-27)8-17(18)20(28)25-13-21-9-14-5-15(10-21)7-16(6-14)11-21/h8,12,14-16,27H,1-7,9-11,13,23H2,(H,25,28). The van der Waals surface area contributed by atoms with Crippen LogP contribution in [-0.2, 0) is 0 Å². The largest absolute Gasteiger partial charge is 0.395 e. The number of nitrogens with one attached hydrogen (secondary N) is 1. The molecule has 0 spiro atoms. The number of aliphatic hydroxyl groups excluding tert-OH is 1. The van der Waals surface area contributed by atoms with Gasteiger partial charge in [0.05, 0.1) is 17.2 Å². The summed E-state index contributed by atoms with van der Waals surface area (Å²) in [5, 5.41) is 12.8. The summed E-state index contributed by atoms with van der Waals surface area (Å²) in [6.07, 6.45) is 9.48. The van der Waals surface area contributed by atoms with E-state index >= 15 is 0 Å². The summed E-state index contributed by atoms with van der Waals surface area (Å²) in [7, 11) is 0. The minimum absolute atomic E-state index is 0.00213. The monoisotopic (exact) mass is 406 g/mol. The third-order valence-electron chi connectivity index (χ3n) is 6.97. The molecule has 4 N–H and O–H groups in total. The summed E-state index contributed by atoms with van der Waals surface area (Å²) in [6.45, 7) is 2.16. The van der Waals surface area contributed by atoms with Crippen LogP contribution >= 0.6 is 11.6 Å². The van der Waals surface area contributed by atoms with Gasteiger partial charge in [0.15, 0.2) is 0 Å². The molecule has 0 aromatic carbocycles. The molecule has 154 valence electrons. The molecule has 0 radical (unpaired) electrons. The topological polar surface area (TPSA) is 91.5 Å². The highest BCUT2D eigenvalue weighted by molar-refractivity contribution is 6.33. The number of rotatable bonds is 8. The van der Waals surface area contributed by atoms with E-state index in [0.717, 1.165) is 24.3 Å². The molecule has 6 nitrogen and oxygen atoms in total. The summed E-state index contributed by atoms with van der Waals surface area (Å²) in [4.78, 5) is 19.1. The predicted molar refractivity (Wildman–Crippen MR) is 111 cm³/mol. The van der Waals surface area contributed by atoms with Crippen molar-refractivity contribution >= 4 is 23.3 Å². The van der Waals surface area contributed by atoms with Gasteiger partial charge in [0.25, 0.3) is 5.91 Å². The predicted octanol–water partition coefficient (Wildman–Crippen LogP) is 2.44. The first kappa shape index (κ1) is 19.9. The normalized spacial score (nSPS) is 30.5. The second kappa shape index (κ2) is 8.17. The fraction of sp³-hybridized carbons (Fsp3) is 0.714. The Morgan fingerprint density at radius 1 is 1.25 bits per heavy atom. The van der Waals surface area contributed by atoms with E-state index < -0.39 is 0 Å². The van der Waals surface area contributed by atoms with Crippen molar-refractivity contribution in [3.8, 4) is 0 Å².